The van der Waals surface area contributed by atoms with Crippen LogP contribution in [0.5, 0.6) is 0 Å². The molecule has 22 heavy (non-hydrogen) atoms. The first-order valence-corrected chi connectivity index (χ1v) is 7.23. The van der Waals surface area contributed by atoms with Crippen molar-refractivity contribution in [3.63, 3.8) is 0 Å². The molecule has 2 N–H and O–H groups in total. The molecule has 0 amide bonds. The smallest absolute Gasteiger partial charge is 0.329 e. The Kier molecular flexibility index (Phi) is 5.06. The average molecular weight is 323 g/mol. The summed E-state index contributed by atoms with van der Waals surface area (Å²) in [5.41, 5.74) is 5.68. The van der Waals surface area contributed by atoms with Gasteiger partial charge in [0.15, 0.2) is 0 Å². The number of benzene rings is 1. The number of halogens is 3. The zero-order valence-corrected chi connectivity index (χ0v) is 12.2. The Morgan fingerprint density at radius 2 is 1.86 bits per heavy atom. The Labute approximate surface area is 130 Å². The number of hydrogen-bond acceptors (Lipinski definition) is 4. The highest BCUT2D eigenvalue weighted by Crippen LogP contribution is 2.37. The summed E-state index contributed by atoms with van der Waals surface area (Å²) in [6, 6.07) is 13.0. The molecule has 0 aliphatic rings. The van der Waals surface area contributed by atoms with E-state index in [1.165, 1.54) is 0 Å². The number of nitrogens with zero attached hydrogens (tertiary/aromatic N) is 2. The van der Waals surface area contributed by atoms with Crippen LogP contribution in [-0.4, -0.2) is 11.5 Å². The first-order valence-electron chi connectivity index (χ1n) is 6.35. The Bertz CT molecular complexity index is 681. The number of nitrogens with two attached hydrogens (primary N) is 1. The van der Waals surface area contributed by atoms with Gasteiger partial charge in [0.05, 0.1) is 5.56 Å². The van der Waals surface area contributed by atoms with Crippen LogP contribution in [0.2, 0.25) is 0 Å². The second kappa shape index (κ2) is 6.81. The van der Waals surface area contributed by atoms with Gasteiger partial charge < -0.3 is 5.73 Å². The van der Waals surface area contributed by atoms with Gasteiger partial charge >= 0.3 is 6.18 Å². The van der Waals surface area contributed by atoms with Crippen LogP contribution >= 0.6 is 11.8 Å². The maximum Gasteiger partial charge on any atom is 0.433 e. The SMILES string of the molecule is N#Cc1ccc(C(F)(F)F)nc1S[C@H](CN)c1ccccc1. The third kappa shape index (κ3) is 3.78. The summed E-state index contributed by atoms with van der Waals surface area (Å²) in [6.45, 7) is 0.220. The van der Waals surface area contributed by atoms with Crippen LogP contribution in [-0.2, 0) is 6.18 Å². The summed E-state index contributed by atoms with van der Waals surface area (Å²) in [6.07, 6.45) is -4.55. The Hall–Kier alpha value is -2.04. The molecule has 1 aromatic heterocycles. The maximum absolute atomic E-state index is 12.8. The second-order valence-corrected chi connectivity index (χ2v) is 5.60. The minimum Gasteiger partial charge on any atom is -0.329 e. The quantitative estimate of drug-likeness (QED) is 0.870. The fourth-order valence-corrected chi connectivity index (χ4v) is 2.88. The van der Waals surface area contributed by atoms with Gasteiger partial charge in [0.1, 0.15) is 16.8 Å². The fraction of sp³-hybridized carbons (Fsp3) is 0.200. The van der Waals surface area contributed by atoms with Crippen LogP contribution < -0.4 is 5.73 Å². The molecule has 1 aromatic carbocycles. The van der Waals surface area contributed by atoms with Crippen molar-refractivity contribution in [2.45, 2.75) is 16.5 Å². The van der Waals surface area contributed by atoms with Gasteiger partial charge in [-0.1, -0.05) is 42.1 Å². The lowest BCUT2D eigenvalue weighted by Gasteiger charge is -2.16. The van der Waals surface area contributed by atoms with E-state index in [4.69, 9.17) is 11.0 Å². The van der Waals surface area contributed by atoms with Gasteiger partial charge in [-0.25, -0.2) is 4.98 Å². The molecule has 0 aliphatic heterocycles. The monoisotopic (exact) mass is 323 g/mol. The summed E-state index contributed by atoms with van der Waals surface area (Å²) < 4.78 is 38.3. The Morgan fingerprint density at radius 1 is 1.18 bits per heavy atom. The molecule has 0 spiro atoms. The number of thioether (sulfide) groups is 1. The van der Waals surface area contributed by atoms with Crippen molar-refractivity contribution in [2.75, 3.05) is 6.54 Å². The van der Waals surface area contributed by atoms with E-state index in [1.54, 1.807) is 0 Å². The van der Waals surface area contributed by atoms with Crippen molar-refractivity contribution in [3.05, 3.63) is 59.3 Å². The predicted octanol–water partition coefficient (Wildman–Crippen LogP) is 3.76. The van der Waals surface area contributed by atoms with Crippen molar-refractivity contribution in [2.24, 2.45) is 5.73 Å². The molecular formula is C15H12F3N3S. The summed E-state index contributed by atoms with van der Waals surface area (Å²) in [7, 11) is 0. The van der Waals surface area contributed by atoms with Crippen molar-refractivity contribution in [3.8, 4) is 6.07 Å². The molecule has 1 atom stereocenters. The molecule has 2 rings (SSSR count). The lowest BCUT2D eigenvalue weighted by molar-refractivity contribution is -0.141. The van der Waals surface area contributed by atoms with Crippen LogP contribution in [0.3, 0.4) is 0 Å². The molecule has 0 unspecified atom stereocenters. The van der Waals surface area contributed by atoms with Gasteiger partial charge in [0.25, 0.3) is 0 Å². The van der Waals surface area contributed by atoms with Crippen LogP contribution in [0.4, 0.5) is 13.2 Å². The van der Waals surface area contributed by atoms with E-state index in [0.29, 0.717) is 0 Å². The van der Waals surface area contributed by atoms with Gasteiger partial charge in [-0.15, -0.1) is 0 Å². The highest BCUT2D eigenvalue weighted by Gasteiger charge is 2.33. The molecule has 3 nitrogen and oxygen atoms in total. The van der Waals surface area contributed by atoms with Gasteiger partial charge in [-0.2, -0.15) is 18.4 Å². The van der Waals surface area contributed by atoms with Crippen molar-refractivity contribution in [1.29, 1.82) is 5.26 Å². The first-order chi connectivity index (χ1) is 10.5. The molecule has 0 saturated heterocycles. The molecule has 0 radical (unpaired) electrons. The van der Waals surface area contributed by atoms with Gasteiger partial charge in [-0.3, -0.25) is 0 Å². The van der Waals surface area contributed by atoms with Crippen molar-refractivity contribution < 1.29 is 13.2 Å². The van der Waals surface area contributed by atoms with Crippen molar-refractivity contribution in [1.82, 2.24) is 4.98 Å². The van der Waals surface area contributed by atoms with Gasteiger partial charge in [0, 0.05) is 11.8 Å². The zero-order valence-electron chi connectivity index (χ0n) is 11.3. The normalized spacial score (nSPS) is 12.7. The van der Waals surface area contributed by atoms with E-state index >= 15 is 0 Å². The lowest BCUT2D eigenvalue weighted by atomic mass is 10.1. The van der Waals surface area contributed by atoms with Crippen LogP contribution in [0.25, 0.3) is 0 Å². The predicted molar refractivity (Wildman–Crippen MR) is 78.0 cm³/mol. The van der Waals surface area contributed by atoms with E-state index < -0.39 is 11.9 Å². The van der Waals surface area contributed by atoms with Crippen LogP contribution in [0.15, 0.2) is 47.5 Å². The molecule has 0 aliphatic carbocycles. The fourth-order valence-electron chi connectivity index (χ4n) is 1.83. The number of aromatic nitrogens is 1. The number of nitriles is 1. The molecule has 0 saturated carbocycles. The second-order valence-electron chi connectivity index (χ2n) is 4.41. The number of pyridine rings is 1. The maximum atomic E-state index is 12.8. The number of rotatable bonds is 4. The van der Waals surface area contributed by atoms with E-state index in [1.807, 2.05) is 36.4 Å². The molecule has 0 bridgehead atoms. The molecule has 0 fully saturated rings. The average Bonchev–Trinajstić information content (AvgIpc) is 2.52. The van der Waals surface area contributed by atoms with Crippen LogP contribution in [0, 0.1) is 11.3 Å². The highest BCUT2D eigenvalue weighted by molar-refractivity contribution is 7.99. The third-order valence-electron chi connectivity index (χ3n) is 2.91. The minimum absolute atomic E-state index is 0.0385. The first kappa shape index (κ1) is 16.3. The Morgan fingerprint density at radius 3 is 2.41 bits per heavy atom. The minimum atomic E-state index is -4.55. The van der Waals surface area contributed by atoms with E-state index in [0.717, 1.165) is 29.5 Å². The van der Waals surface area contributed by atoms with Crippen LogP contribution in [0.1, 0.15) is 22.1 Å². The van der Waals surface area contributed by atoms with E-state index in [9.17, 15) is 13.2 Å². The topological polar surface area (TPSA) is 62.7 Å². The molecule has 7 heteroatoms. The summed E-state index contributed by atoms with van der Waals surface area (Å²) >= 11 is 1.06. The summed E-state index contributed by atoms with van der Waals surface area (Å²) in [5.74, 6) is 0. The third-order valence-corrected chi connectivity index (χ3v) is 4.19. The Balaban J connectivity index is 2.37. The number of hydrogen-bond donors (Lipinski definition) is 1. The standard InChI is InChI=1S/C15H12F3N3S/c16-15(17,18)13-7-6-11(8-19)14(21-13)22-12(9-20)10-4-2-1-3-5-10/h1-7,12H,9,20H2/t12-/m1/s1. The van der Waals surface area contributed by atoms with Crippen molar-refractivity contribution >= 4 is 11.8 Å². The summed E-state index contributed by atoms with van der Waals surface area (Å²) in [4.78, 5) is 3.59. The largest absolute Gasteiger partial charge is 0.433 e. The van der Waals surface area contributed by atoms with E-state index in [2.05, 4.69) is 4.98 Å². The van der Waals surface area contributed by atoms with Gasteiger partial charge in [0.2, 0.25) is 0 Å². The molecule has 114 valence electrons. The molecule has 1 heterocycles. The molecular weight excluding hydrogens is 311 g/mol. The van der Waals surface area contributed by atoms with E-state index in [-0.39, 0.29) is 22.4 Å². The highest BCUT2D eigenvalue weighted by atomic mass is 32.2. The summed E-state index contributed by atoms with van der Waals surface area (Å²) in [5, 5.41) is 8.82. The number of alkyl halides is 3. The lowest BCUT2D eigenvalue weighted by Crippen LogP contribution is -2.12. The van der Waals surface area contributed by atoms with Gasteiger partial charge in [-0.05, 0) is 17.7 Å². The zero-order chi connectivity index (χ0) is 16.2. The molecule has 2 aromatic rings.